The van der Waals surface area contributed by atoms with Crippen LogP contribution in [0.1, 0.15) is 5.56 Å². The van der Waals surface area contributed by atoms with Crippen molar-refractivity contribution in [3.05, 3.63) is 54.2 Å². The number of benzene rings is 1. The van der Waals surface area contributed by atoms with Crippen LogP contribution in [0.25, 0.3) is 11.3 Å². The first-order valence-corrected chi connectivity index (χ1v) is 5.50. The lowest BCUT2D eigenvalue weighted by atomic mass is 10.1. The summed E-state index contributed by atoms with van der Waals surface area (Å²) in [5, 5.41) is 0. The molecule has 0 saturated heterocycles. The fraction of sp³-hybridized carbons (Fsp3) is 0.0714. The molecule has 1 heterocycles. The van der Waals surface area contributed by atoms with Gasteiger partial charge in [-0.2, -0.15) is 0 Å². The van der Waals surface area contributed by atoms with E-state index in [1.165, 1.54) is 0 Å². The van der Waals surface area contributed by atoms with Crippen LogP contribution in [-0.2, 0) is 0 Å². The molecule has 0 N–H and O–H groups in total. The highest BCUT2D eigenvalue weighted by molar-refractivity contribution is 6.19. The van der Waals surface area contributed by atoms with Gasteiger partial charge in [-0.05, 0) is 24.3 Å². The Hall–Kier alpha value is -1.78. The highest BCUT2D eigenvalue weighted by atomic mass is 35.5. The van der Waals surface area contributed by atoms with E-state index in [-0.39, 0.29) is 0 Å². The van der Waals surface area contributed by atoms with Crippen molar-refractivity contribution in [2.45, 2.75) is 0 Å². The summed E-state index contributed by atoms with van der Waals surface area (Å²) in [5.74, 6) is 6.16. The zero-order valence-corrected chi connectivity index (χ0v) is 9.41. The fourth-order valence-corrected chi connectivity index (χ4v) is 1.46. The summed E-state index contributed by atoms with van der Waals surface area (Å²) in [6, 6.07) is 13.8. The van der Waals surface area contributed by atoms with Gasteiger partial charge in [-0.25, -0.2) is 0 Å². The van der Waals surface area contributed by atoms with Gasteiger partial charge >= 0.3 is 0 Å². The first-order chi connectivity index (χ1) is 7.90. The van der Waals surface area contributed by atoms with Crippen molar-refractivity contribution in [1.29, 1.82) is 0 Å². The predicted octanol–water partition coefficient (Wildman–Crippen LogP) is 3.34. The van der Waals surface area contributed by atoms with E-state index < -0.39 is 0 Å². The number of nitrogens with zero attached hydrogens (tertiary/aromatic N) is 1. The largest absolute Gasteiger partial charge is 0.256 e. The van der Waals surface area contributed by atoms with Crippen LogP contribution in [0.5, 0.6) is 0 Å². The Morgan fingerprint density at radius 2 is 1.88 bits per heavy atom. The topological polar surface area (TPSA) is 12.9 Å². The average molecular weight is 228 g/mol. The molecular formula is C14H10ClN. The number of alkyl halides is 1. The normalized spacial score (nSPS) is 9.31. The van der Waals surface area contributed by atoms with Crippen LogP contribution in [0.15, 0.2) is 48.7 Å². The van der Waals surface area contributed by atoms with E-state index in [1.54, 1.807) is 6.20 Å². The van der Waals surface area contributed by atoms with Crippen molar-refractivity contribution >= 4 is 11.6 Å². The first kappa shape index (κ1) is 10.7. The summed E-state index contributed by atoms with van der Waals surface area (Å²) in [5.41, 5.74) is 3.04. The van der Waals surface area contributed by atoms with E-state index >= 15 is 0 Å². The van der Waals surface area contributed by atoms with E-state index in [0.717, 1.165) is 16.8 Å². The second-order valence-corrected chi connectivity index (χ2v) is 3.49. The molecule has 0 atom stereocenters. The molecule has 0 fully saturated rings. The summed E-state index contributed by atoms with van der Waals surface area (Å²) in [4.78, 5) is 4.28. The Labute approximate surface area is 100 Å². The number of hydrogen-bond acceptors (Lipinski definition) is 1. The molecule has 16 heavy (non-hydrogen) atoms. The molecule has 78 valence electrons. The smallest absolute Gasteiger partial charge is 0.0839 e. The molecule has 0 spiro atoms. The van der Waals surface area contributed by atoms with Crippen molar-refractivity contribution in [3.8, 4) is 23.1 Å². The molecule has 0 radical (unpaired) electrons. The molecule has 0 aliphatic heterocycles. The van der Waals surface area contributed by atoms with Crippen LogP contribution in [0.2, 0.25) is 0 Å². The SMILES string of the molecule is ClCC#Cc1ccc(-c2ccccn2)cc1. The minimum Gasteiger partial charge on any atom is -0.256 e. The molecule has 2 heteroatoms. The third kappa shape index (κ3) is 2.62. The molecule has 0 aliphatic rings. The maximum Gasteiger partial charge on any atom is 0.0839 e. The van der Waals surface area contributed by atoms with Crippen LogP contribution >= 0.6 is 11.6 Å². The van der Waals surface area contributed by atoms with Gasteiger partial charge in [0.05, 0.1) is 11.6 Å². The maximum absolute atomic E-state index is 5.49. The molecule has 0 amide bonds. The van der Waals surface area contributed by atoms with Gasteiger partial charge in [0.15, 0.2) is 0 Å². The predicted molar refractivity (Wildman–Crippen MR) is 67.3 cm³/mol. The lowest BCUT2D eigenvalue weighted by molar-refractivity contribution is 1.33. The maximum atomic E-state index is 5.49. The highest BCUT2D eigenvalue weighted by Gasteiger charge is 1.96. The second kappa shape index (κ2) is 5.34. The molecular weight excluding hydrogens is 218 g/mol. The molecule has 0 unspecified atom stereocenters. The summed E-state index contributed by atoms with van der Waals surface area (Å²) >= 11 is 5.49. The van der Waals surface area contributed by atoms with Crippen molar-refractivity contribution in [1.82, 2.24) is 4.98 Å². The standard InChI is InChI=1S/C14H10ClN/c15-10-3-4-12-6-8-13(9-7-12)14-5-1-2-11-16-14/h1-2,5-9,11H,10H2. The van der Waals surface area contributed by atoms with Crippen LogP contribution in [0.3, 0.4) is 0 Å². The van der Waals surface area contributed by atoms with E-state index in [2.05, 4.69) is 16.8 Å². The van der Waals surface area contributed by atoms with Crippen molar-refractivity contribution in [2.24, 2.45) is 0 Å². The molecule has 0 aliphatic carbocycles. The van der Waals surface area contributed by atoms with Gasteiger partial charge in [-0.3, -0.25) is 4.98 Å². The third-order valence-corrected chi connectivity index (χ3v) is 2.28. The Morgan fingerprint density at radius 3 is 2.50 bits per heavy atom. The van der Waals surface area contributed by atoms with Crippen LogP contribution in [-0.4, -0.2) is 10.9 Å². The summed E-state index contributed by atoms with van der Waals surface area (Å²) in [6.45, 7) is 0. The molecule has 1 aromatic carbocycles. The van der Waals surface area contributed by atoms with Crippen LogP contribution in [0.4, 0.5) is 0 Å². The zero-order chi connectivity index (χ0) is 11.2. The lowest BCUT2D eigenvalue weighted by Gasteiger charge is -1.99. The van der Waals surface area contributed by atoms with Crippen molar-refractivity contribution in [3.63, 3.8) is 0 Å². The lowest BCUT2D eigenvalue weighted by Crippen LogP contribution is -1.82. The van der Waals surface area contributed by atoms with Gasteiger partial charge in [-0.1, -0.05) is 30.0 Å². The van der Waals surface area contributed by atoms with Crippen molar-refractivity contribution in [2.75, 3.05) is 5.88 Å². The van der Waals surface area contributed by atoms with Gasteiger partial charge in [0.25, 0.3) is 0 Å². The molecule has 1 aromatic heterocycles. The number of rotatable bonds is 1. The Balaban J connectivity index is 2.26. The molecule has 0 saturated carbocycles. The quantitative estimate of drug-likeness (QED) is 0.538. The highest BCUT2D eigenvalue weighted by Crippen LogP contribution is 2.16. The summed E-state index contributed by atoms with van der Waals surface area (Å²) in [7, 11) is 0. The molecule has 0 bridgehead atoms. The van der Waals surface area contributed by atoms with Gasteiger partial charge in [0.2, 0.25) is 0 Å². The number of aromatic nitrogens is 1. The van der Waals surface area contributed by atoms with E-state index in [4.69, 9.17) is 11.6 Å². The zero-order valence-electron chi connectivity index (χ0n) is 8.65. The monoisotopic (exact) mass is 227 g/mol. The fourth-order valence-electron chi connectivity index (χ4n) is 1.39. The van der Waals surface area contributed by atoms with Crippen LogP contribution < -0.4 is 0 Å². The van der Waals surface area contributed by atoms with Gasteiger partial charge in [0.1, 0.15) is 0 Å². The number of hydrogen-bond donors (Lipinski definition) is 0. The van der Waals surface area contributed by atoms with Crippen molar-refractivity contribution < 1.29 is 0 Å². The molecule has 2 rings (SSSR count). The Bertz CT molecular complexity index is 506. The minimum atomic E-state index is 0.363. The van der Waals surface area contributed by atoms with E-state index in [9.17, 15) is 0 Å². The van der Waals surface area contributed by atoms with E-state index in [1.807, 2.05) is 42.5 Å². The van der Waals surface area contributed by atoms with Gasteiger partial charge in [-0.15, -0.1) is 11.6 Å². The average Bonchev–Trinajstić information content (AvgIpc) is 2.38. The molecule has 1 nitrogen and oxygen atoms in total. The van der Waals surface area contributed by atoms with Gasteiger partial charge in [0, 0.05) is 17.3 Å². The number of pyridine rings is 1. The molecule has 2 aromatic rings. The third-order valence-electron chi connectivity index (χ3n) is 2.15. The summed E-state index contributed by atoms with van der Waals surface area (Å²) in [6.07, 6.45) is 1.79. The summed E-state index contributed by atoms with van der Waals surface area (Å²) < 4.78 is 0. The Kier molecular flexibility index (Phi) is 3.58. The van der Waals surface area contributed by atoms with Crippen LogP contribution in [0, 0.1) is 11.8 Å². The Morgan fingerprint density at radius 1 is 1.06 bits per heavy atom. The van der Waals surface area contributed by atoms with Gasteiger partial charge < -0.3 is 0 Å². The first-order valence-electron chi connectivity index (χ1n) is 4.96. The van der Waals surface area contributed by atoms with E-state index in [0.29, 0.717) is 5.88 Å². The number of halogens is 1. The second-order valence-electron chi connectivity index (χ2n) is 3.23. The minimum absolute atomic E-state index is 0.363.